The summed E-state index contributed by atoms with van der Waals surface area (Å²) in [6.07, 6.45) is 0.742. The number of alkyl carbamates (subject to hydrolysis) is 2. The number of rotatable bonds is 6. The second-order valence-corrected chi connectivity index (χ2v) is 18.0. The van der Waals surface area contributed by atoms with E-state index in [1.807, 2.05) is 53.7 Å². The lowest BCUT2D eigenvalue weighted by molar-refractivity contribution is 0.0340. The first-order valence-corrected chi connectivity index (χ1v) is 16.2. The van der Waals surface area contributed by atoms with E-state index < -0.39 is 31.7 Å². The van der Waals surface area contributed by atoms with Crippen LogP contribution < -0.4 is 21.0 Å². The zero-order valence-corrected chi connectivity index (χ0v) is 26.7. The fourth-order valence-electron chi connectivity index (χ4n) is 5.43. The van der Waals surface area contributed by atoms with Crippen molar-refractivity contribution >= 4 is 30.9 Å². The molecule has 7 nitrogen and oxygen atoms in total. The average Bonchev–Trinajstić information content (AvgIpc) is 2.82. The molecule has 2 unspecified atom stereocenters. The fourth-order valence-corrected chi connectivity index (χ4v) is 10.2. The lowest BCUT2D eigenvalue weighted by atomic mass is 9.88. The summed E-state index contributed by atoms with van der Waals surface area (Å²) in [6.45, 7) is 17.8. The Morgan fingerprint density at radius 3 is 1.50 bits per heavy atom. The minimum absolute atomic E-state index is 0.136. The number of ether oxygens (including phenoxy) is 2. The molecular weight excluding hydrogens is 520 g/mol. The number of hydrogen-bond acceptors (Lipinski definition) is 5. The third kappa shape index (κ3) is 8.33. The molecule has 2 amide bonds. The lowest BCUT2D eigenvalue weighted by Crippen LogP contribution is -2.68. The maximum atomic E-state index is 12.9. The number of hydrogen-bond donors (Lipinski definition) is 2. The van der Waals surface area contributed by atoms with Gasteiger partial charge in [-0.2, -0.15) is 0 Å². The van der Waals surface area contributed by atoms with E-state index in [2.05, 4.69) is 79.9 Å². The van der Waals surface area contributed by atoms with E-state index in [1.54, 1.807) is 0 Å². The first kappa shape index (κ1) is 31.7. The van der Waals surface area contributed by atoms with Crippen LogP contribution in [0.2, 0.25) is 5.04 Å². The maximum Gasteiger partial charge on any atom is 0.407 e. The summed E-state index contributed by atoms with van der Waals surface area (Å²) in [5.41, 5.74) is -1.26. The Balaban J connectivity index is 1.94. The molecule has 0 heterocycles. The van der Waals surface area contributed by atoms with Crippen LogP contribution in [0, 0.1) is 0 Å². The molecule has 2 aromatic rings. The van der Waals surface area contributed by atoms with Crippen molar-refractivity contribution in [1.82, 2.24) is 10.6 Å². The zero-order valence-electron chi connectivity index (χ0n) is 25.7. The molecule has 0 aliphatic heterocycles. The second kappa shape index (κ2) is 12.3. The molecule has 1 aliphatic carbocycles. The third-order valence-corrected chi connectivity index (χ3v) is 12.1. The molecule has 2 N–H and O–H groups in total. The molecule has 0 aromatic heterocycles. The number of nitrogens with one attached hydrogen (secondary N) is 2. The Labute approximate surface area is 241 Å². The maximum absolute atomic E-state index is 12.9. The van der Waals surface area contributed by atoms with Crippen molar-refractivity contribution in [2.75, 3.05) is 0 Å². The molecular formula is C32H48N2O5Si. The van der Waals surface area contributed by atoms with Crippen LogP contribution in [-0.2, 0) is 13.9 Å². The first-order chi connectivity index (χ1) is 18.5. The Morgan fingerprint density at radius 2 is 1.10 bits per heavy atom. The summed E-state index contributed by atoms with van der Waals surface area (Å²) in [6, 6.07) is 20.4. The lowest BCUT2D eigenvalue weighted by Gasteiger charge is -2.47. The molecule has 3 atom stereocenters. The topological polar surface area (TPSA) is 85.9 Å². The SMILES string of the molecule is CC(C)(C)OC(=O)NC1CC(O[Si](c2ccccc2)(c2ccccc2)C(C)(C)C)CC[C@@H]1NC(=O)OC(C)(C)C. The monoisotopic (exact) mass is 568 g/mol. The van der Waals surface area contributed by atoms with E-state index in [-0.39, 0.29) is 23.2 Å². The predicted molar refractivity (Wildman–Crippen MR) is 163 cm³/mol. The molecule has 3 rings (SSSR count). The van der Waals surface area contributed by atoms with Crippen LogP contribution in [0.15, 0.2) is 60.7 Å². The quantitative estimate of drug-likeness (QED) is 0.424. The van der Waals surface area contributed by atoms with Crippen molar-refractivity contribution in [3.8, 4) is 0 Å². The summed E-state index contributed by atoms with van der Waals surface area (Å²) >= 11 is 0. The summed E-state index contributed by atoms with van der Waals surface area (Å²) in [5.74, 6) is 0. The van der Waals surface area contributed by atoms with Gasteiger partial charge in [0.25, 0.3) is 8.32 Å². The van der Waals surface area contributed by atoms with Crippen LogP contribution in [-0.4, -0.2) is 49.9 Å². The molecule has 8 heteroatoms. The van der Waals surface area contributed by atoms with Gasteiger partial charge in [-0.15, -0.1) is 0 Å². The van der Waals surface area contributed by atoms with E-state index in [0.29, 0.717) is 12.8 Å². The number of benzene rings is 2. The largest absolute Gasteiger partial charge is 0.444 e. The minimum Gasteiger partial charge on any atom is -0.444 e. The van der Waals surface area contributed by atoms with Gasteiger partial charge in [0, 0.05) is 6.10 Å². The average molecular weight is 569 g/mol. The Kier molecular flexibility index (Phi) is 9.78. The van der Waals surface area contributed by atoms with Gasteiger partial charge < -0.3 is 24.5 Å². The van der Waals surface area contributed by atoms with Crippen molar-refractivity contribution in [2.24, 2.45) is 0 Å². The highest BCUT2D eigenvalue weighted by atomic mass is 28.4. The van der Waals surface area contributed by atoms with Crippen molar-refractivity contribution in [3.63, 3.8) is 0 Å². The highest BCUT2D eigenvalue weighted by Gasteiger charge is 2.52. The molecule has 0 bridgehead atoms. The van der Waals surface area contributed by atoms with Gasteiger partial charge in [0.2, 0.25) is 0 Å². The van der Waals surface area contributed by atoms with Gasteiger partial charge in [0.1, 0.15) is 11.2 Å². The van der Waals surface area contributed by atoms with Crippen LogP contribution in [0.25, 0.3) is 0 Å². The number of carbonyl (C=O) groups excluding carboxylic acids is 2. The first-order valence-electron chi connectivity index (χ1n) is 14.3. The summed E-state index contributed by atoms with van der Waals surface area (Å²) in [5, 5.41) is 8.27. The molecule has 1 saturated carbocycles. The standard InChI is InChI=1S/C32H48N2O5Si/c1-30(2,3)37-28(35)33-26-21-20-23(22-27(26)34-29(36)38-31(4,5)6)39-40(32(7,8)9,24-16-12-10-13-17-24)25-18-14-11-15-19-25/h10-19,23,26-27H,20-22H2,1-9H3,(H,33,35)(H,34,36)/t23?,26-,27?/m0/s1. The highest BCUT2D eigenvalue weighted by Crippen LogP contribution is 2.39. The number of carbonyl (C=O) groups is 2. The van der Waals surface area contributed by atoms with E-state index in [0.717, 1.165) is 6.42 Å². The minimum atomic E-state index is -2.79. The smallest absolute Gasteiger partial charge is 0.407 e. The molecule has 0 radical (unpaired) electrons. The Morgan fingerprint density at radius 1 is 0.675 bits per heavy atom. The van der Waals surface area contributed by atoms with Gasteiger partial charge in [0.15, 0.2) is 0 Å². The summed E-state index contributed by atoms with van der Waals surface area (Å²) < 4.78 is 18.5. The normalized spacial score (nSPS) is 20.4. The van der Waals surface area contributed by atoms with Gasteiger partial charge in [-0.25, -0.2) is 9.59 Å². The van der Waals surface area contributed by atoms with E-state index in [1.165, 1.54) is 10.4 Å². The van der Waals surface area contributed by atoms with Crippen molar-refractivity contribution in [1.29, 1.82) is 0 Å². The van der Waals surface area contributed by atoms with Gasteiger partial charge in [0.05, 0.1) is 12.1 Å². The molecule has 0 saturated heterocycles. The van der Waals surface area contributed by atoms with Crippen molar-refractivity contribution < 1.29 is 23.5 Å². The van der Waals surface area contributed by atoms with Gasteiger partial charge >= 0.3 is 12.2 Å². The predicted octanol–water partition coefficient (Wildman–Crippen LogP) is 5.90. The number of amides is 2. The molecule has 220 valence electrons. The van der Waals surface area contributed by atoms with Crippen molar-refractivity contribution in [2.45, 2.75) is 116 Å². The zero-order chi connectivity index (χ0) is 29.8. The Hall–Kier alpha value is -2.84. The Bertz CT molecular complexity index is 1080. The third-order valence-electron chi connectivity index (χ3n) is 6.97. The van der Waals surface area contributed by atoms with Crippen LogP contribution in [0.1, 0.15) is 81.6 Å². The van der Waals surface area contributed by atoms with Crippen LogP contribution in [0.4, 0.5) is 9.59 Å². The molecule has 1 aliphatic rings. The fraction of sp³-hybridized carbons (Fsp3) is 0.562. The highest BCUT2D eigenvalue weighted by molar-refractivity contribution is 6.99. The molecule has 0 spiro atoms. The van der Waals surface area contributed by atoms with Gasteiger partial charge in [-0.05, 0) is 76.2 Å². The summed E-state index contributed by atoms with van der Waals surface area (Å²) in [7, 11) is -2.79. The molecule has 40 heavy (non-hydrogen) atoms. The van der Waals surface area contributed by atoms with E-state index in [9.17, 15) is 9.59 Å². The van der Waals surface area contributed by atoms with E-state index >= 15 is 0 Å². The van der Waals surface area contributed by atoms with Gasteiger partial charge in [-0.1, -0.05) is 81.4 Å². The van der Waals surface area contributed by atoms with Gasteiger partial charge in [-0.3, -0.25) is 0 Å². The van der Waals surface area contributed by atoms with E-state index in [4.69, 9.17) is 13.9 Å². The van der Waals surface area contributed by atoms with Crippen LogP contribution >= 0.6 is 0 Å². The summed E-state index contributed by atoms with van der Waals surface area (Å²) in [4.78, 5) is 25.6. The molecule has 2 aromatic carbocycles. The van der Waals surface area contributed by atoms with Crippen LogP contribution in [0.3, 0.4) is 0 Å². The second-order valence-electron chi connectivity index (χ2n) is 13.7. The van der Waals surface area contributed by atoms with Crippen molar-refractivity contribution in [3.05, 3.63) is 60.7 Å². The van der Waals surface area contributed by atoms with Crippen LogP contribution in [0.5, 0.6) is 0 Å². The molecule has 1 fully saturated rings.